The van der Waals surface area contributed by atoms with E-state index in [9.17, 15) is 0 Å². The first-order chi connectivity index (χ1) is 9.26. The highest BCUT2D eigenvalue weighted by Gasteiger charge is 2.27. The first-order valence-electron chi connectivity index (χ1n) is 7.22. The van der Waals surface area contributed by atoms with Crippen molar-refractivity contribution in [3.63, 3.8) is 0 Å². The maximum Gasteiger partial charge on any atom is 0.0936 e. The highest BCUT2D eigenvalue weighted by molar-refractivity contribution is 9.10. The summed E-state index contributed by atoms with van der Waals surface area (Å²) >= 11 is 7.24. The van der Waals surface area contributed by atoms with Gasteiger partial charge in [0.1, 0.15) is 0 Å². The van der Waals surface area contributed by atoms with Gasteiger partial charge in [0.25, 0.3) is 0 Å². The van der Waals surface area contributed by atoms with Crippen molar-refractivity contribution in [1.82, 2.24) is 0 Å². The number of rotatable bonds is 5. The average Bonchev–Trinajstić information content (AvgIpc) is 2.46. The van der Waals surface area contributed by atoms with E-state index in [4.69, 9.17) is 4.74 Å². The van der Waals surface area contributed by atoms with Gasteiger partial charge in [0.05, 0.1) is 12.2 Å². The lowest BCUT2D eigenvalue weighted by Crippen LogP contribution is -2.29. The Labute approximate surface area is 133 Å². The molecule has 1 aliphatic carbocycles. The Bertz CT molecular complexity index is 394. The summed E-state index contributed by atoms with van der Waals surface area (Å²) in [6.07, 6.45) is 7.02. The van der Waals surface area contributed by atoms with Crippen LogP contribution in [0, 0.1) is 5.92 Å². The second kappa shape index (κ2) is 7.80. The van der Waals surface area contributed by atoms with Gasteiger partial charge in [-0.05, 0) is 30.4 Å². The molecule has 1 aromatic carbocycles. The fraction of sp³-hybridized carbons (Fsp3) is 0.625. The summed E-state index contributed by atoms with van der Waals surface area (Å²) in [7, 11) is 0. The summed E-state index contributed by atoms with van der Waals surface area (Å²) < 4.78 is 7.58. The van der Waals surface area contributed by atoms with Gasteiger partial charge >= 0.3 is 0 Å². The molecule has 0 amide bonds. The summed E-state index contributed by atoms with van der Waals surface area (Å²) in [5.74, 6) is 0.734. The molecule has 1 saturated carbocycles. The molecule has 0 aromatic heterocycles. The van der Waals surface area contributed by atoms with Gasteiger partial charge in [0, 0.05) is 9.80 Å². The highest BCUT2D eigenvalue weighted by Crippen LogP contribution is 2.35. The van der Waals surface area contributed by atoms with E-state index >= 15 is 0 Å². The van der Waals surface area contributed by atoms with Crippen LogP contribution in [0.4, 0.5) is 0 Å². The van der Waals surface area contributed by atoms with Gasteiger partial charge in [-0.2, -0.15) is 0 Å². The van der Waals surface area contributed by atoms with Crippen LogP contribution in [0.2, 0.25) is 0 Å². The van der Waals surface area contributed by atoms with E-state index in [0.29, 0.717) is 6.10 Å². The lowest BCUT2D eigenvalue weighted by molar-refractivity contribution is -0.0526. The predicted octanol–water partition coefficient (Wildman–Crippen LogP) is 5.87. The number of halogens is 2. The number of hydrogen-bond donors (Lipinski definition) is 0. The molecule has 2 rings (SSSR count). The van der Waals surface area contributed by atoms with Gasteiger partial charge in [0.2, 0.25) is 0 Å². The van der Waals surface area contributed by atoms with Crippen LogP contribution in [0.1, 0.15) is 50.7 Å². The zero-order valence-corrected chi connectivity index (χ0v) is 14.6. The highest BCUT2D eigenvalue weighted by atomic mass is 79.9. The normalized spacial score (nSPS) is 25.2. The van der Waals surface area contributed by atoms with Crippen molar-refractivity contribution in [2.24, 2.45) is 5.92 Å². The van der Waals surface area contributed by atoms with Crippen LogP contribution < -0.4 is 0 Å². The smallest absolute Gasteiger partial charge is 0.0936 e. The van der Waals surface area contributed by atoms with Crippen LogP contribution in [-0.2, 0) is 4.74 Å². The van der Waals surface area contributed by atoms with Gasteiger partial charge in [-0.15, -0.1) is 0 Å². The Morgan fingerprint density at radius 2 is 2.00 bits per heavy atom. The predicted molar refractivity (Wildman–Crippen MR) is 87.8 cm³/mol. The molecule has 1 aromatic rings. The second-order valence-corrected chi connectivity index (χ2v) is 6.79. The molecule has 0 spiro atoms. The van der Waals surface area contributed by atoms with E-state index in [1.165, 1.54) is 37.7 Å². The molecular formula is C16H22Br2O. The summed E-state index contributed by atoms with van der Waals surface area (Å²) in [6.45, 7) is 2.29. The van der Waals surface area contributed by atoms with E-state index in [1.807, 2.05) is 6.07 Å². The number of alkyl halides is 1. The maximum absolute atomic E-state index is 6.43. The fourth-order valence-electron chi connectivity index (χ4n) is 2.96. The van der Waals surface area contributed by atoms with Crippen molar-refractivity contribution in [2.45, 2.75) is 51.2 Å². The van der Waals surface area contributed by atoms with Crippen molar-refractivity contribution in [3.8, 4) is 0 Å². The third-order valence-corrected chi connectivity index (χ3v) is 5.41. The van der Waals surface area contributed by atoms with Crippen LogP contribution in [0.25, 0.3) is 0 Å². The molecule has 19 heavy (non-hydrogen) atoms. The molecule has 1 fully saturated rings. The van der Waals surface area contributed by atoms with Gasteiger partial charge in [-0.1, -0.05) is 76.2 Å². The van der Waals surface area contributed by atoms with E-state index < -0.39 is 0 Å². The summed E-state index contributed by atoms with van der Waals surface area (Å²) in [6, 6.07) is 8.37. The minimum atomic E-state index is 0.146. The lowest BCUT2D eigenvalue weighted by atomic mass is 9.84. The monoisotopic (exact) mass is 388 g/mol. The molecule has 106 valence electrons. The van der Waals surface area contributed by atoms with Crippen molar-refractivity contribution >= 4 is 31.9 Å². The van der Waals surface area contributed by atoms with Crippen molar-refractivity contribution in [2.75, 3.05) is 5.33 Å². The first kappa shape index (κ1) is 15.5. The summed E-state index contributed by atoms with van der Waals surface area (Å²) in [5.41, 5.74) is 1.25. The van der Waals surface area contributed by atoms with Crippen LogP contribution >= 0.6 is 31.9 Å². The molecule has 0 bridgehead atoms. The minimum Gasteiger partial charge on any atom is -0.369 e. The SMILES string of the molecule is CCC1CCCCC1OC(CBr)c1ccccc1Br. The van der Waals surface area contributed by atoms with Crippen molar-refractivity contribution in [3.05, 3.63) is 34.3 Å². The average molecular weight is 390 g/mol. The fourth-order valence-corrected chi connectivity index (χ4v) is 4.00. The van der Waals surface area contributed by atoms with E-state index in [1.54, 1.807) is 0 Å². The molecular weight excluding hydrogens is 368 g/mol. The Morgan fingerprint density at radius 3 is 2.68 bits per heavy atom. The summed E-state index contributed by atoms with van der Waals surface area (Å²) in [4.78, 5) is 0. The molecule has 0 radical (unpaired) electrons. The zero-order chi connectivity index (χ0) is 13.7. The van der Waals surface area contributed by atoms with Crippen molar-refractivity contribution in [1.29, 1.82) is 0 Å². The van der Waals surface area contributed by atoms with Crippen LogP contribution in [0.3, 0.4) is 0 Å². The molecule has 3 atom stereocenters. The molecule has 0 heterocycles. The number of benzene rings is 1. The summed E-state index contributed by atoms with van der Waals surface area (Å²) in [5, 5.41) is 0.850. The van der Waals surface area contributed by atoms with Crippen LogP contribution in [-0.4, -0.2) is 11.4 Å². The quantitative estimate of drug-likeness (QED) is 0.572. The minimum absolute atomic E-state index is 0.146. The van der Waals surface area contributed by atoms with Crippen molar-refractivity contribution < 1.29 is 4.74 Å². The van der Waals surface area contributed by atoms with Crippen LogP contribution in [0.5, 0.6) is 0 Å². The number of hydrogen-bond acceptors (Lipinski definition) is 1. The molecule has 3 heteroatoms. The Hall–Kier alpha value is 0.140. The Morgan fingerprint density at radius 1 is 1.26 bits per heavy atom. The topological polar surface area (TPSA) is 9.23 Å². The standard InChI is InChI=1S/C16H22Br2O/c1-2-12-7-3-6-10-15(12)19-16(11-17)13-8-4-5-9-14(13)18/h4-5,8-9,12,15-16H,2-3,6-7,10-11H2,1H3. The largest absolute Gasteiger partial charge is 0.369 e. The molecule has 1 nitrogen and oxygen atoms in total. The molecule has 0 aliphatic heterocycles. The van der Waals surface area contributed by atoms with Gasteiger partial charge < -0.3 is 4.74 Å². The van der Waals surface area contributed by atoms with E-state index in [0.717, 1.165) is 15.7 Å². The maximum atomic E-state index is 6.43. The molecule has 0 N–H and O–H groups in total. The molecule has 3 unspecified atom stereocenters. The molecule has 0 saturated heterocycles. The molecule has 1 aliphatic rings. The van der Waals surface area contributed by atoms with Gasteiger partial charge in [-0.25, -0.2) is 0 Å². The zero-order valence-electron chi connectivity index (χ0n) is 11.4. The first-order valence-corrected chi connectivity index (χ1v) is 9.13. The third kappa shape index (κ3) is 4.05. The van der Waals surface area contributed by atoms with E-state index in [2.05, 4.69) is 57.0 Å². The Kier molecular flexibility index (Phi) is 6.37. The number of ether oxygens (including phenoxy) is 1. The van der Waals surface area contributed by atoms with E-state index in [-0.39, 0.29) is 6.10 Å². The van der Waals surface area contributed by atoms with Gasteiger partial charge in [0.15, 0.2) is 0 Å². The lowest BCUT2D eigenvalue weighted by Gasteiger charge is -2.34. The third-order valence-electron chi connectivity index (χ3n) is 4.10. The van der Waals surface area contributed by atoms with Gasteiger partial charge in [-0.3, -0.25) is 0 Å². The van der Waals surface area contributed by atoms with Crippen LogP contribution in [0.15, 0.2) is 28.7 Å². The Balaban J connectivity index is 2.08. The second-order valence-electron chi connectivity index (χ2n) is 5.29.